The Bertz CT molecular complexity index is 996. The first-order chi connectivity index (χ1) is 14.0. The average molecular weight is 455 g/mol. The lowest BCUT2D eigenvalue weighted by atomic mass is 9.70. The van der Waals surface area contributed by atoms with Crippen molar-refractivity contribution in [1.82, 2.24) is 4.98 Å². The maximum absolute atomic E-state index is 14.3. The highest BCUT2D eigenvalue weighted by atomic mass is 35.5. The average Bonchev–Trinajstić information content (AvgIpc) is 2.62. The minimum absolute atomic E-state index is 0.176. The standard InChI is InChI=1S/C22H28ClFN2O3S/c1-5-6-22(24)10-14(11-22)13-29-19-9-18-15(8-17(19)23)7-16(20(27)26-18)12-25-30(28)21(2,3)4/h7-9,12,14H,5-6,10-11,13H2,1-4H3,(H,26,27)/b25-12+. The van der Waals surface area contributed by atoms with E-state index in [1.165, 1.54) is 6.21 Å². The molecule has 2 aromatic rings. The number of hydrogen-bond acceptors (Lipinski definition) is 4. The number of halogens is 2. The fraction of sp³-hybridized carbons (Fsp3) is 0.545. The zero-order chi connectivity index (χ0) is 22.1. The third-order valence-corrected chi connectivity index (χ3v) is 6.86. The number of benzene rings is 1. The number of H-pyrrole nitrogens is 1. The molecule has 0 saturated heterocycles. The molecule has 0 amide bonds. The molecule has 1 aromatic heterocycles. The van der Waals surface area contributed by atoms with Crippen molar-refractivity contribution in [2.24, 2.45) is 10.3 Å². The second-order valence-electron chi connectivity index (χ2n) is 9.01. The molecule has 1 aliphatic carbocycles. The van der Waals surface area contributed by atoms with Crippen LogP contribution < -0.4 is 10.3 Å². The SMILES string of the molecule is CCCC1(F)CC(COc2cc3[nH]c(=O)c(/C=N/[S+]([O-])C(C)(C)C)cc3cc2Cl)C1. The predicted molar refractivity (Wildman–Crippen MR) is 122 cm³/mol. The first-order valence-corrected chi connectivity index (χ1v) is 11.6. The van der Waals surface area contributed by atoms with Gasteiger partial charge in [-0.05, 0) is 58.1 Å². The van der Waals surface area contributed by atoms with Gasteiger partial charge in [-0.1, -0.05) is 29.3 Å². The van der Waals surface area contributed by atoms with Crippen LogP contribution in [0.5, 0.6) is 5.75 Å². The van der Waals surface area contributed by atoms with Gasteiger partial charge < -0.3 is 14.3 Å². The lowest BCUT2D eigenvalue weighted by Gasteiger charge is -2.41. The van der Waals surface area contributed by atoms with Crippen molar-refractivity contribution in [3.8, 4) is 5.75 Å². The molecule has 1 N–H and O–H groups in total. The van der Waals surface area contributed by atoms with Crippen LogP contribution in [0.2, 0.25) is 5.02 Å². The Morgan fingerprint density at radius 2 is 2.10 bits per heavy atom. The van der Waals surface area contributed by atoms with E-state index in [9.17, 15) is 13.7 Å². The van der Waals surface area contributed by atoms with Gasteiger partial charge in [-0.3, -0.25) is 4.79 Å². The Morgan fingerprint density at radius 1 is 1.40 bits per heavy atom. The maximum atomic E-state index is 14.3. The number of rotatable bonds is 7. The van der Waals surface area contributed by atoms with Gasteiger partial charge in [-0.2, -0.15) is 0 Å². The molecular formula is C22H28ClFN2O3S. The molecule has 0 bridgehead atoms. The highest BCUT2D eigenvalue weighted by Crippen LogP contribution is 2.44. The van der Waals surface area contributed by atoms with Crippen molar-refractivity contribution in [1.29, 1.82) is 0 Å². The van der Waals surface area contributed by atoms with Crippen molar-refractivity contribution in [3.63, 3.8) is 0 Å². The van der Waals surface area contributed by atoms with E-state index >= 15 is 0 Å². The minimum Gasteiger partial charge on any atom is -0.591 e. The summed E-state index contributed by atoms with van der Waals surface area (Å²) in [5, 5.41) is 1.12. The Labute approximate surface area is 184 Å². The fourth-order valence-electron chi connectivity index (χ4n) is 3.65. The third kappa shape index (κ3) is 5.37. The molecule has 164 valence electrons. The molecule has 3 rings (SSSR count). The lowest BCUT2D eigenvalue weighted by molar-refractivity contribution is -0.0200. The van der Waals surface area contributed by atoms with Gasteiger partial charge in [0.05, 0.1) is 28.9 Å². The molecule has 30 heavy (non-hydrogen) atoms. The van der Waals surface area contributed by atoms with Gasteiger partial charge in [0.1, 0.15) is 27.5 Å². The van der Waals surface area contributed by atoms with Crippen LogP contribution in [-0.4, -0.2) is 32.8 Å². The highest BCUT2D eigenvalue weighted by Gasteiger charge is 2.44. The number of nitrogens with one attached hydrogen (secondary N) is 1. The second kappa shape index (κ2) is 8.89. The van der Waals surface area contributed by atoms with Gasteiger partial charge in [-0.15, -0.1) is 0 Å². The molecule has 1 aliphatic rings. The van der Waals surface area contributed by atoms with Crippen LogP contribution in [0.15, 0.2) is 27.4 Å². The van der Waals surface area contributed by atoms with Gasteiger partial charge in [0.2, 0.25) is 0 Å². The van der Waals surface area contributed by atoms with Crippen LogP contribution in [0.25, 0.3) is 10.9 Å². The number of aromatic nitrogens is 1. The van der Waals surface area contributed by atoms with E-state index in [2.05, 4.69) is 9.38 Å². The molecule has 0 spiro atoms. The van der Waals surface area contributed by atoms with Crippen LogP contribution in [-0.2, 0) is 11.4 Å². The quantitative estimate of drug-likeness (QED) is 0.451. The largest absolute Gasteiger partial charge is 0.591 e. The third-order valence-electron chi connectivity index (χ3n) is 5.22. The Morgan fingerprint density at radius 3 is 2.73 bits per heavy atom. The van der Waals surface area contributed by atoms with Crippen molar-refractivity contribution in [2.45, 2.75) is 63.8 Å². The topological polar surface area (TPSA) is 77.5 Å². The molecule has 8 heteroatoms. The molecule has 0 aliphatic heterocycles. The summed E-state index contributed by atoms with van der Waals surface area (Å²) in [5.41, 5.74) is -0.510. The van der Waals surface area contributed by atoms with E-state index in [-0.39, 0.29) is 11.5 Å². The van der Waals surface area contributed by atoms with Crippen LogP contribution in [0.3, 0.4) is 0 Å². The second-order valence-corrected chi connectivity index (χ2v) is 11.3. The first-order valence-electron chi connectivity index (χ1n) is 10.1. The van der Waals surface area contributed by atoms with Crippen molar-refractivity contribution in [2.75, 3.05) is 6.61 Å². The number of pyridine rings is 1. The van der Waals surface area contributed by atoms with E-state index < -0.39 is 21.8 Å². The summed E-state index contributed by atoms with van der Waals surface area (Å²) in [4.78, 5) is 15.2. The van der Waals surface area contributed by atoms with Gasteiger partial charge >= 0.3 is 0 Å². The molecule has 0 radical (unpaired) electrons. The number of fused-ring (bicyclic) bond motifs is 1. The maximum Gasteiger partial charge on any atom is 0.257 e. The summed E-state index contributed by atoms with van der Waals surface area (Å²) in [6.07, 6.45) is 3.79. The molecular weight excluding hydrogens is 427 g/mol. The van der Waals surface area contributed by atoms with Crippen LogP contribution >= 0.6 is 11.6 Å². The number of alkyl halides is 1. The first kappa shape index (κ1) is 23.1. The predicted octanol–water partition coefficient (Wildman–Crippen LogP) is 5.36. The van der Waals surface area contributed by atoms with Crippen molar-refractivity contribution >= 4 is 40.1 Å². The zero-order valence-corrected chi connectivity index (χ0v) is 19.3. The normalized spacial score (nSPS) is 23.0. The van der Waals surface area contributed by atoms with E-state index in [0.29, 0.717) is 53.1 Å². The summed E-state index contributed by atoms with van der Waals surface area (Å²) in [6.45, 7) is 7.82. The van der Waals surface area contributed by atoms with Gasteiger partial charge in [0.15, 0.2) is 0 Å². The molecule has 5 nitrogen and oxygen atoms in total. The lowest BCUT2D eigenvalue weighted by Crippen LogP contribution is -2.42. The van der Waals surface area contributed by atoms with Crippen molar-refractivity contribution in [3.05, 3.63) is 39.1 Å². The van der Waals surface area contributed by atoms with E-state index in [1.54, 1.807) is 18.2 Å². The summed E-state index contributed by atoms with van der Waals surface area (Å²) in [7, 11) is 0. The molecule has 1 saturated carbocycles. The van der Waals surface area contributed by atoms with E-state index in [4.69, 9.17) is 16.3 Å². The van der Waals surface area contributed by atoms with Gasteiger partial charge in [0.25, 0.3) is 5.56 Å². The van der Waals surface area contributed by atoms with E-state index in [0.717, 1.165) is 6.42 Å². The number of hydrogen-bond donors (Lipinski definition) is 1. The molecule has 1 heterocycles. The van der Waals surface area contributed by atoms with Gasteiger partial charge in [-0.25, -0.2) is 4.39 Å². The monoisotopic (exact) mass is 454 g/mol. The molecule has 1 unspecified atom stereocenters. The fourth-order valence-corrected chi connectivity index (χ4v) is 4.40. The Balaban J connectivity index is 1.73. The number of ether oxygens (including phenoxy) is 1. The number of nitrogens with zero attached hydrogens (tertiary/aromatic N) is 1. The summed E-state index contributed by atoms with van der Waals surface area (Å²) >= 11 is 4.91. The summed E-state index contributed by atoms with van der Waals surface area (Å²) in [6, 6.07) is 5.04. The van der Waals surface area contributed by atoms with Gasteiger partial charge in [0, 0.05) is 11.5 Å². The minimum atomic E-state index is -1.45. The Hall–Kier alpha value is -1.57. The van der Waals surface area contributed by atoms with Crippen LogP contribution in [0.4, 0.5) is 4.39 Å². The summed E-state index contributed by atoms with van der Waals surface area (Å²) in [5.74, 6) is 0.636. The Kier molecular flexibility index (Phi) is 6.84. The number of aromatic amines is 1. The molecule has 1 atom stereocenters. The molecule has 1 aromatic carbocycles. The van der Waals surface area contributed by atoms with Crippen molar-refractivity contribution < 1.29 is 13.7 Å². The molecule has 1 fully saturated rings. The summed E-state index contributed by atoms with van der Waals surface area (Å²) < 4.78 is 35.7. The van der Waals surface area contributed by atoms with Crippen LogP contribution in [0.1, 0.15) is 58.9 Å². The highest BCUT2D eigenvalue weighted by molar-refractivity contribution is 7.91. The van der Waals surface area contributed by atoms with E-state index in [1.807, 2.05) is 27.7 Å². The van der Waals surface area contributed by atoms with Crippen LogP contribution in [0, 0.1) is 5.92 Å². The smallest absolute Gasteiger partial charge is 0.257 e. The zero-order valence-electron chi connectivity index (χ0n) is 17.8.